The number of nitrogens with one attached hydrogen (secondary N) is 1. The van der Waals surface area contributed by atoms with Gasteiger partial charge in [0, 0.05) is 12.1 Å². The van der Waals surface area contributed by atoms with Crippen molar-refractivity contribution in [1.82, 2.24) is 10.2 Å². The van der Waals surface area contributed by atoms with Crippen LogP contribution in [0.3, 0.4) is 0 Å². The number of hydrogen-bond acceptors (Lipinski definition) is 2. The minimum atomic E-state index is 0.704. The van der Waals surface area contributed by atoms with Gasteiger partial charge < -0.3 is 10.2 Å². The molecule has 1 unspecified atom stereocenters. The Morgan fingerprint density at radius 1 is 0.833 bits per heavy atom. The molecule has 106 valence electrons. The quantitative estimate of drug-likeness (QED) is 0.826. The molecule has 0 radical (unpaired) electrons. The zero-order valence-electron chi connectivity index (χ0n) is 12.6. The van der Waals surface area contributed by atoms with Gasteiger partial charge in [0.05, 0.1) is 0 Å². The van der Waals surface area contributed by atoms with E-state index < -0.39 is 0 Å². The highest BCUT2D eigenvalue weighted by Gasteiger charge is 2.26. The second kappa shape index (κ2) is 6.91. The standard InChI is InChI=1S/C16H32N2/c1-13(15-7-5-4-6-8-15)17-14(2)16-9-11-18(3)12-10-16/h13-17H,4-12H2,1-3H3/t13-,14?/m0/s1. The maximum atomic E-state index is 3.92. The van der Waals surface area contributed by atoms with Gasteiger partial charge in [0.1, 0.15) is 0 Å². The van der Waals surface area contributed by atoms with Gasteiger partial charge in [-0.2, -0.15) is 0 Å². The predicted molar refractivity (Wildman–Crippen MR) is 78.9 cm³/mol. The molecule has 1 aliphatic carbocycles. The Balaban J connectivity index is 1.73. The van der Waals surface area contributed by atoms with Crippen LogP contribution in [-0.4, -0.2) is 37.1 Å². The van der Waals surface area contributed by atoms with Crippen molar-refractivity contribution in [1.29, 1.82) is 0 Å². The van der Waals surface area contributed by atoms with Crippen molar-refractivity contribution < 1.29 is 0 Å². The van der Waals surface area contributed by atoms with Crippen molar-refractivity contribution >= 4 is 0 Å². The first-order valence-corrected chi connectivity index (χ1v) is 8.11. The van der Waals surface area contributed by atoms with Crippen LogP contribution in [0, 0.1) is 11.8 Å². The highest BCUT2D eigenvalue weighted by atomic mass is 15.1. The first-order chi connectivity index (χ1) is 8.66. The van der Waals surface area contributed by atoms with Gasteiger partial charge in [-0.05, 0) is 71.5 Å². The highest BCUT2D eigenvalue weighted by molar-refractivity contribution is 4.83. The molecular weight excluding hydrogens is 220 g/mol. The Morgan fingerprint density at radius 2 is 1.33 bits per heavy atom. The van der Waals surface area contributed by atoms with E-state index in [0.29, 0.717) is 6.04 Å². The zero-order chi connectivity index (χ0) is 13.0. The van der Waals surface area contributed by atoms with Gasteiger partial charge in [-0.3, -0.25) is 0 Å². The summed E-state index contributed by atoms with van der Waals surface area (Å²) in [6.45, 7) is 7.40. The molecule has 2 rings (SSSR count). The van der Waals surface area contributed by atoms with E-state index in [0.717, 1.165) is 17.9 Å². The van der Waals surface area contributed by atoms with Crippen molar-refractivity contribution in [3.8, 4) is 0 Å². The van der Waals surface area contributed by atoms with Crippen LogP contribution in [0.4, 0.5) is 0 Å². The summed E-state index contributed by atoms with van der Waals surface area (Å²) in [5.41, 5.74) is 0. The van der Waals surface area contributed by atoms with E-state index in [1.54, 1.807) is 0 Å². The Bertz CT molecular complexity index is 227. The van der Waals surface area contributed by atoms with E-state index in [1.165, 1.54) is 58.0 Å². The van der Waals surface area contributed by atoms with Crippen LogP contribution < -0.4 is 5.32 Å². The lowest BCUT2D eigenvalue weighted by Gasteiger charge is -2.37. The molecule has 0 aromatic carbocycles. The van der Waals surface area contributed by atoms with Gasteiger partial charge >= 0.3 is 0 Å². The summed E-state index contributed by atoms with van der Waals surface area (Å²) in [6, 6.07) is 1.43. The first kappa shape index (κ1) is 14.3. The number of hydrogen-bond donors (Lipinski definition) is 1. The molecule has 0 spiro atoms. The topological polar surface area (TPSA) is 15.3 Å². The molecule has 1 N–H and O–H groups in total. The average molecular weight is 252 g/mol. The Labute approximate surface area is 114 Å². The molecule has 0 bridgehead atoms. The van der Waals surface area contributed by atoms with Gasteiger partial charge in [-0.1, -0.05) is 19.3 Å². The molecule has 0 aromatic rings. The summed E-state index contributed by atoms with van der Waals surface area (Å²) in [6.07, 6.45) is 10.0. The van der Waals surface area contributed by atoms with Crippen molar-refractivity contribution in [2.45, 2.75) is 70.9 Å². The molecule has 0 aromatic heterocycles. The molecule has 1 heterocycles. The molecule has 2 nitrogen and oxygen atoms in total. The molecule has 2 fully saturated rings. The van der Waals surface area contributed by atoms with Gasteiger partial charge in [0.15, 0.2) is 0 Å². The predicted octanol–water partition coefficient (Wildman–Crippen LogP) is 3.28. The maximum Gasteiger partial charge on any atom is 0.00705 e. The van der Waals surface area contributed by atoms with E-state index in [4.69, 9.17) is 0 Å². The van der Waals surface area contributed by atoms with Crippen molar-refractivity contribution in [3.63, 3.8) is 0 Å². The average Bonchev–Trinajstić information content (AvgIpc) is 2.40. The van der Waals surface area contributed by atoms with E-state index >= 15 is 0 Å². The summed E-state index contributed by atoms with van der Waals surface area (Å²) in [5, 5.41) is 3.92. The second-order valence-corrected chi connectivity index (χ2v) is 6.78. The van der Waals surface area contributed by atoms with Crippen LogP contribution in [0.1, 0.15) is 58.8 Å². The van der Waals surface area contributed by atoms with Crippen LogP contribution in [0.25, 0.3) is 0 Å². The minimum absolute atomic E-state index is 0.704. The van der Waals surface area contributed by atoms with Crippen LogP contribution in [0.5, 0.6) is 0 Å². The monoisotopic (exact) mass is 252 g/mol. The summed E-state index contributed by atoms with van der Waals surface area (Å²) in [5.74, 6) is 1.83. The maximum absolute atomic E-state index is 3.92. The van der Waals surface area contributed by atoms with Gasteiger partial charge in [0.2, 0.25) is 0 Å². The van der Waals surface area contributed by atoms with Gasteiger partial charge in [-0.15, -0.1) is 0 Å². The van der Waals surface area contributed by atoms with E-state index in [9.17, 15) is 0 Å². The summed E-state index contributed by atoms with van der Waals surface area (Å²) < 4.78 is 0. The fraction of sp³-hybridized carbons (Fsp3) is 1.00. The number of rotatable bonds is 4. The zero-order valence-corrected chi connectivity index (χ0v) is 12.6. The molecule has 1 aliphatic heterocycles. The second-order valence-electron chi connectivity index (χ2n) is 6.78. The highest BCUT2D eigenvalue weighted by Crippen LogP contribution is 2.27. The Kier molecular flexibility index (Phi) is 5.50. The molecular formula is C16H32N2. The number of piperidine rings is 1. The fourth-order valence-electron chi connectivity index (χ4n) is 3.85. The molecule has 2 aliphatic rings. The Morgan fingerprint density at radius 3 is 1.89 bits per heavy atom. The van der Waals surface area contributed by atoms with Crippen molar-refractivity contribution in [2.75, 3.05) is 20.1 Å². The lowest BCUT2D eigenvalue weighted by atomic mass is 9.83. The Hall–Kier alpha value is -0.0800. The molecule has 18 heavy (non-hydrogen) atoms. The van der Waals surface area contributed by atoms with E-state index in [-0.39, 0.29) is 0 Å². The molecule has 1 saturated carbocycles. The van der Waals surface area contributed by atoms with Crippen LogP contribution in [-0.2, 0) is 0 Å². The van der Waals surface area contributed by atoms with Crippen LogP contribution in [0.2, 0.25) is 0 Å². The van der Waals surface area contributed by atoms with E-state index in [2.05, 4.69) is 31.1 Å². The molecule has 1 saturated heterocycles. The van der Waals surface area contributed by atoms with E-state index in [1.807, 2.05) is 0 Å². The van der Waals surface area contributed by atoms with Gasteiger partial charge in [0.25, 0.3) is 0 Å². The lowest BCUT2D eigenvalue weighted by molar-refractivity contribution is 0.171. The van der Waals surface area contributed by atoms with Crippen LogP contribution in [0.15, 0.2) is 0 Å². The number of likely N-dealkylation sites (tertiary alicyclic amines) is 1. The summed E-state index contributed by atoms with van der Waals surface area (Å²) in [4.78, 5) is 2.47. The molecule has 2 heteroatoms. The smallest absolute Gasteiger partial charge is 0.00705 e. The third kappa shape index (κ3) is 3.96. The molecule has 2 atom stereocenters. The lowest BCUT2D eigenvalue weighted by Crippen LogP contribution is -2.46. The molecule has 0 amide bonds. The number of nitrogens with zero attached hydrogens (tertiary/aromatic N) is 1. The third-order valence-corrected chi connectivity index (χ3v) is 5.35. The van der Waals surface area contributed by atoms with Crippen molar-refractivity contribution in [2.24, 2.45) is 11.8 Å². The normalized spacial score (nSPS) is 28.2. The van der Waals surface area contributed by atoms with Crippen LogP contribution >= 0.6 is 0 Å². The fourth-order valence-corrected chi connectivity index (χ4v) is 3.85. The third-order valence-electron chi connectivity index (χ3n) is 5.35. The van der Waals surface area contributed by atoms with Crippen molar-refractivity contribution in [3.05, 3.63) is 0 Å². The first-order valence-electron chi connectivity index (χ1n) is 8.11. The minimum Gasteiger partial charge on any atom is -0.311 e. The van der Waals surface area contributed by atoms with Gasteiger partial charge in [-0.25, -0.2) is 0 Å². The summed E-state index contributed by atoms with van der Waals surface area (Å²) >= 11 is 0. The SMILES string of the molecule is CC(N[C@@H](C)C1CCCCC1)C1CCN(C)CC1. The summed E-state index contributed by atoms with van der Waals surface area (Å²) in [7, 11) is 2.25. The largest absolute Gasteiger partial charge is 0.311 e.